The van der Waals surface area contributed by atoms with E-state index in [1.807, 2.05) is 0 Å². The minimum absolute atomic E-state index is 0.202. The second-order valence-corrected chi connectivity index (χ2v) is 8.40. The number of alkyl halides is 7. The van der Waals surface area contributed by atoms with Crippen LogP contribution in [0.15, 0.2) is 12.7 Å². The fraction of sp³-hybridized carbons (Fsp3) is 0.750. The fourth-order valence-electron chi connectivity index (χ4n) is 2.47. The summed E-state index contributed by atoms with van der Waals surface area (Å²) in [5, 5.41) is -6.09. The number of rotatable bonds is 11. The van der Waals surface area contributed by atoms with Gasteiger partial charge in [-0.05, 0) is 27.7 Å². The highest BCUT2D eigenvalue weighted by molar-refractivity contribution is 7.87. The Morgan fingerprint density at radius 1 is 1.03 bits per heavy atom. The largest absolute Gasteiger partial charge is 0.466 e. The topological polar surface area (TPSA) is 110 Å². The molecule has 0 aromatic heterocycles. The van der Waals surface area contributed by atoms with E-state index in [2.05, 4.69) is 16.1 Å². The summed E-state index contributed by atoms with van der Waals surface area (Å²) in [6, 6.07) is -1.92. The Kier molecular flexibility index (Phi) is 9.31. The van der Waals surface area contributed by atoms with E-state index in [0.717, 1.165) is 0 Å². The Labute approximate surface area is 179 Å². The minimum atomic E-state index is -6.66. The van der Waals surface area contributed by atoms with Crippen molar-refractivity contribution in [1.29, 1.82) is 0 Å². The molecule has 1 amide bonds. The molecule has 1 unspecified atom stereocenters. The third kappa shape index (κ3) is 6.10. The standard InChI is InChI=1S/C16H22F7NO7S/c1-6-11(25)31-14(15(19,20)21,12(26)24(9(2)3)10(4)5)30-8-7-13(17,18)16(22,23)32(27,28)29/h6,9-10H,1,7-8H2,2-5H3,(H,27,28,29). The monoisotopic (exact) mass is 505 g/mol. The second-order valence-electron chi connectivity index (χ2n) is 6.93. The van der Waals surface area contributed by atoms with Gasteiger partial charge in [0.05, 0.1) is 6.61 Å². The Morgan fingerprint density at radius 2 is 1.47 bits per heavy atom. The van der Waals surface area contributed by atoms with Crippen LogP contribution >= 0.6 is 0 Å². The van der Waals surface area contributed by atoms with E-state index >= 15 is 0 Å². The molecular weight excluding hydrogens is 483 g/mol. The summed E-state index contributed by atoms with van der Waals surface area (Å²) >= 11 is 0. The van der Waals surface area contributed by atoms with Crippen molar-refractivity contribution in [1.82, 2.24) is 4.90 Å². The molecular formula is C16H22F7NO7S. The van der Waals surface area contributed by atoms with Crippen molar-refractivity contribution >= 4 is 22.0 Å². The van der Waals surface area contributed by atoms with E-state index in [1.54, 1.807) is 0 Å². The van der Waals surface area contributed by atoms with Crippen LogP contribution in [0.4, 0.5) is 30.7 Å². The van der Waals surface area contributed by atoms with Gasteiger partial charge in [-0.1, -0.05) is 6.58 Å². The van der Waals surface area contributed by atoms with Gasteiger partial charge < -0.3 is 14.4 Å². The number of hydrogen-bond donors (Lipinski definition) is 1. The van der Waals surface area contributed by atoms with Crippen LogP contribution in [0.1, 0.15) is 34.1 Å². The molecule has 32 heavy (non-hydrogen) atoms. The number of halogens is 7. The zero-order valence-corrected chi connectivity index (χ0v) is 18.1. The lowest BCUT2D eigenvalue weighted by atomic mass is 10.1. The molecule has 1 N–H and O–H groups in total. The molecule has 0 radical (unpaired) electrons. The molecule has 0 saturated carbocycles. The Hall–Kier alpha value is -1.94. The highest BCUT2D eigenvalue weighted by Crippen LogP contribution is 2.42. The van der Waals surface area contributed by atoms with E-state index in [9.17, 15) is 48.7 Å². The van der Waals surface area contributed by atoms with Crippen LogP contribution in [-0.2, 0) is 29.2 Å². The van der Waals surface area contributed by atoms with E-state index in [0.29, 0.717) is 4.90 Å². The van der Waals surface area contributed by atoms with Crippen molar-refractivity contribution in [3.05, 3.63) is 12.7 Å². The van der Waals surface area contributed by atoms with E-state index in [-0.39, 0.29) is 6.08 Å². The van der Waals surface area contributed by atoms with Crippen LogP contribution < -0.4 is 0 Å². The summed E-state index contributed by atoms with van der Waals surface area (Å²) in [6.45, 7) is 5.89. The maximum atomic E-state index is 13.9. The predicted octanol–water partition coefficient (Wildman–Crippen LogP) is 3.14. The first kappa shape index (κ1) is 30.1. The Bertz CT molecular complexity index is 804. The SMILES string of the molecule is C=CC(=O)OC(OCCC(F)(F)C(F)(F)S(=O)(=O)O)(C(=O)N(C(C)C)C(C)C)C(F)(F)F. The molecule has 0 heterocycles. The van der Waals surface area contributed by atoms with Crippen LogP contribution in [0.2, 0.25) is 0 Å². The van der Waals surface area contributed by atoms with Crippen molar-refractivity contribution in [2.24, 2.45) is 0 Å². The summed E-state index contributed by atoms with van der Waals surface area (Å²) in [4.78, 5) is 24.8. The highest BCUT2D eigenvalue weighted by Gasteiger charge is 2.69. The number of esters is 1. The molecule has 0 bridgehead atoms. The zero-order chi connectivity index (χ0) is 25.9. The van der Waals surface area contributed by atoms with E-state index in [1.165, 1.54) is 27.7 Å². The molecule has 0 saturated heterocycles. The molecule has 0 aromatic rings. The number of nitrogens with zero attached hydrogens (tertiary/aromatic N) is 1. The molecule has 0 aliphatic carbocycles. The van der Waals surface area contributed by atoms with Gasteiger partial charge in [0.2, 0.25) is 0 Å². The first-order valence-corrected chi connectivity index (χ1v) is 10.1. The maximum Gasteiger partial charge on any atom is 0.466 e. The molecule has 0 aliphatic rings. The van der Waals surface area contributed by atoms with Gasteiger partial charge in [0, 0.05) is 24.6 Å². The molecule has 0 aliphatic heterocycles. The van der Waals surface area contributed by atoms with Crippen LogP contribution in [0.3, 0.4) is 0 Å². The molecule has 0 fully saturated rings. The number of amides is 1. The molecule has 188 valence electrons. The number of hydrogen-bond acceptors (Lipinski definition) is 6. The summed E-state index contributed by atoms with van der Waals surface area (Å²) in [6.07, 6.45) is -8.11. The van der Waals surface area contributed by atoms with Crippen molar-refractivity contribution < 1.29 is 62.8 Å². The molecule has 1 atom stereocenters. The first-order valence-electron chi connectivity index (χ1n) is 8.70. The van der Waals surface area contributed by atoms with Gasteiger partial charge in [0.15, 0.2) is 0 Å². The van der Waals surface area contributed by atoms with Crippen molar-refractivity contribution in [2.45, 2.75) is 69.3 Å². The van der Waals surface area contributed by atoms with Gasteiger partial charge in [0.1, 0.15) is 0 Å². The average Bonchev–Trinajstić information content (AvgIpc) is 2.57. The van der Waals surface area contributed by atoms with Crippen LogP contribution in [0, 0.1) is 0 Å². The summed E-state index contributed by atoms with van der Waals surface area (Å²) < 4.78 is 133. The average molecular weight is 505 g/mol. The molecule has 0 spiro atoms. The van der Waals surface area contributed by atoms with E-state index < -0.39 is 70.2 Å². The van der Waals surface area contributed by atoms with Gasteiger partial charge >= 0.3 is 45.1 Å². The lowest BCUT2D eigenvalue weighted by Crippen LogP contribution is -2.64. The molecule has 0 rings (SSSR count). The van der Waals surface area contributed by atoms with Gasteiger partial charge in [-0.15, -0.1) is 0 Å². The van der Waals surface area contributed by atoms with Crippen molar-refractivity contribution in [2.75, 3.05) is 6.61 Å². The van der Waals surface area contributed by atoms with Gasteiger partial charge in [-0.25, -0.2) is 4.79 Å². The smallest absolute Gasteiger partial charge is 0.412 e. The normalized spacial score (nSPS) is 15.4. The number of carbonyl (C=O) groups excluding carboxylic acids is 2. The Morgan fingerprint density at radius 3 is 1.78 bits per heavy atom. The quantitative estimate of drug-likeness (QED) is 0.151. The van der Waals surface area contributed by atoms with Crippen LogP contribution in [0.25, 0.3) is 0 Å². The van der Waals surface area contributed by atoms with Crippen LogP contribution in [-0.4, -0.2) is 71.6 Å². The molecule has 16 heteroatoms. The lowest BCUT2D eigenvalue weighted by molar-refractivity contribution is -0.353. The number of carbonyl (C=O) groups is 2. The van der Waals surface area contributed by atoms with Crippen LogP contribution in [0.5, 0.6) is 0 Å². The zero-order valence-electron chi connectivity index (χ0n) is 17.3. The highest BCUT2D eigenvalue weighted by atomic mass is 32.2. The van der Waals surface area contributed by atoms with Gasteiger partial charge in [0.25, 0.3) is 0 Å². The predicted molar refractivity (Wildman–Crippen MR) is 94.2 cm³/mol. The minimum Gasteiger partial charge on any atom is -0.412 e. The van der Waals surface area contributed by atoms with Gasteiger partial charge in [-0.3, -0.25) is 9.35 Å². The maximum absolute atomic E-state index is 13.9. The first-order chi connectivity index (χ1) is 14.1. The van der Waals surface area contributed by atoms with Crippen molar-refractivity contribution in [3.63, 3.8) is 0 Å². The lowest BCUT2D eigenvalue weighted by Gasteiger charge is -2.40. The Balaban J connectivity index is 6.35. The molecule has 0 aromatic carbocycles. The van der Waals surface area contributed by atoms with E-state index in [4.69, 9.17) is 4.55 Å². The summed E-state index contributed by atoms with van der Waals surface area (Å²) in [7, 11) is -6.66. The summed E-state index contributed by atoms with van der Waals surface area (Å²) in [5.74, 6) is -14.1. The van der Waals surface area contributed by atoms with Crippen molar-refractivity contribution in [3.8, 4) is 0 Å². The fourth-order valence-corrected chi connectivity index (χ4v) is 2.95. The molecule has 8 nitrogen and oxygen atoms in total. The third-order valence-corrected chi connectivity index (χ3v) is 4.83. The second kappa shape index (κ2) is 9.91. The summed E-state index contributed by atoms with van der Waals surface area (Å²) in [5.41, 5.74) is 0. The third-order valence-electron chi connectivity index (χ3n) is 3.88. The van der Waals surface area contributed by atoms with Gasteiger partial charge in [-0.2, -0.15) is 39.2 Å². The number of ether oxygens (including phenoxy) is 2.